The van der Waals surface area contributed by atoms with E-state index in [1.165, 1.54) is 12.3 Å². The van der Waals surface area contributed by atoms with Gasteiger partial charge in [-0.1, -0.05) is 85.0 Å². The molecule has 3 rings (SSSR count). The van der Waals surface area contributed by atoms with E-state index in [1.807, 2.05) is 24.3 Å². The van der Waals surface area contributed by atoms with Crippen LogP contribution >= 0.6 is 0 Å². The summed E-state index contributed by atoms with van der Waals surface area (Å²) < 4.78 is 35.1. The minimum Gasteiger partial charge on any atom is -0.476 e. The molecule has 3 aromatic carbocycles. The molecule has 3 aromatic rings. The lowest BCUT2D eigenvalue weighted by molar-refractivity contribution is -0.144. The Kier molecular flexibility index (Phi) is 18.6. The van der Waals surface area contributed by atoms with E-state index in [0.29, 0.717) is 23.5 Å². The fraction of sp³-hybridized carbons (Fsp3) is 0.242. The maximum absolute atomic E-state index is 14.8. The summed E-state index contributed by atoms with van der Waals surface area (Å²) in [5.41, 5.74) is 3.69. The molecular weight excluding hydrogens is 495 g/mol. The van der Waals surface area contributed by atoms with Gasteiger partial charge in [-0.05, 0) is 53.9 Å². The second-order valence-corrected chi connectivity index (χ2v) is 7.21. The first-order valence-electron chi connectivity index (χ1n) is 10.8. The van der Waals surface area contributed by atoms with E-state index in [9.17, 15) is 9.18 Å². The molecule has 0 aliphatic carbocycles. The highest BCUT2D eigenvalue weighted by Gasteiger charge is 2.06. The summed E-state index contributed by atoms with van der Waals surface area (Å²) in [7, 11) is 0. The van der Waals surface area contributed by atoms with Crippen molar-refractivity contribution in [1.82, 2.24) is 0 Å². The Morgan fingerprint density at radius 2 is 1.49 bits per heavy atom. The Balaban J connectivity index is 0. The van der Waals surface area contributed by atoms with E-state index in [4.69, 9.17) is 18.9 Å². The molecule has 39 heavy (non-hydrogen) atoms. The average Bonchev–Trinajstić information content (AvgIpc) is 2.88. The maximum atomic E-state index is 14.8. The zero-order chi connectivity index (χ0) is 24.9. The lowest BCUT2D eigenvalue weighted by atomic mass is 10.0. The van der Waals surface area contributed by atoms with Crippen molar-refractivity contribution in [3.05, 3.63) is 115 Å². The molecule has 0 N–H and O–H groups in total. The monoisotopic (exact) mass is 536 g/mol. The van der Waals surface area contributed by atoms with Crippen LogP contribution in [0.5, 0.6) is 5.75 Å². The Labute approximate surface area is 233 Å². The number of rotatable bonds is 11. The Morgan fingerprint density at radius 3 is 2.10 bits per heavy atom. The molecule has 0 aliphatic rings. The number of carbonyl (C=O) groups excluding carboxylic acids is 1. The van der Waals surface area contributed by atoms with E-state index < -0.39 is 5.97 Å². The van der Waals surface area contributed by atoms with Crippen LogP contribution in [-0.2, 0) is 25.4 Å². The minimum atomic E-state index is -0.556. The van der Waals surface area contributed by atoms with Gasteiger partial charge in [-0.25, -0.2) is 9.18 Å². The third-order valence-corrected chi connectivity index (χ3v) is 4.84. The van der Waals surface area contributed by atoms with Crippen LogP contribution in [0.25, 0.3) is 11.1 Å². The summed E-state index contributed by atoms with van der Waals surface area (Å²) in [6.07, 6.45) is 3.13. The molecule has 0 heterocycles. The first kappa shape index (κ1) is 36.8. The highest BCUT2D eigenvalue weighted by molar-refractivity contribution is 5.81. The number of halogens is 1. The van der Waals surface area contributed by atoms with E-state index in [2.05, 4.69) is 25.0 Å². The van der Waals surface area contributed by atoms with Gasteiger partial charge in [0.25, 0.3) is 0 Å². The normalized spacial score (nSPS) is 8.95. The van der Waals surface area contributed by atoms with Gasteiger partial charge < -0.3 is 18.9 Å². The number of esters is 1. The van der Waals surface area contributed by atoms with Gasteiger partial charge in [0.2, 0.25) is 6.79 Å². The van der Waals surface area contributed by atoms with Gasteiger partial charge in [0, 0.05) is 22.8 Å². The van der Waals surface area contributed by atoms with Gasteiger partial charge in [-0.2, -0.15) is 0 Å². The van der Waals surface area contributed by atoms with Crippen molar-refractivity contribution in [3.8, 4) is 28.7 Å². The summed E-state index contributed by atoms with van der Waals surface area (Å²) in [5.74, 6) is 5.61. The largest absolute Gasteiger partial charge is 0.476 e. The zero-order valence-corrected chi connectivity index (χ0v) is 19.2. The molecule has 0 aromatic heterocycles. The summed E-state index contributed by atoms with van der Waals surface area (Å²) in [6.45, 7) is 7.26. The highest BCUT2D eigenvalue weighted by Crippen LogP contribution is 2.24. The fourth-order valence-electron chi connectivity index (χ4n) is 3.02. The van der Waals surface area contributed by atoms with Crippen molar-refractivity contribution >= 4 is 5.97 Å². The molecule has 0 radical (unpaired) electrons. The summed E-state index contributed by atoms with van der Waals surface area (Å²) >= 11 is 0. The van der Waals surface area contributed by atoms with Gasteiger partial charge in [-0.15, -0.1) is 0 Å². The number of benzene rings is 3. The molecule has 210 valence electrons. The first-order chi connectivity index (χ1) is 17.1. The molecule has 0 atom stereocenters. The van der Waals surface area contributed by atoms with Crippen molar-refractivity contribution in [3.63, 3.8) is 0 Å². The van der Waals surface area contributed by atoms with Crippen LogP contribution in [0.1, 0.15) is 46.4 Å². The van der Waals surface area contributed by atoms with Crippen LogP contribution in [-0.4, -0.2) is 26.2 Å². The molecule has 0 saturated heterocycles. The Morgan fingerprint density at radius 1 is 0.846 bits per heavy atom. The van der Waals surface area contributed by atoms with Crippen molar-refractivity contribution in [1.29, 1.82) is 0 Å². The van der Waals surface area contributed by atoms with Crippen LogP contribution in [0.2, 0.25) is 0 Å². The van der Waals surface area contributed by atoms with Crippen LogP contribution < -0.4 is 4.74 Å². The van der Waals surface area contributed by atoms with Gasteiger partial charge in [0.15, 0.2) is 6.79 Å². The third-order valence-electron chi connectivity index (χ3n) is 4.84. The van der Waals surface area contributed by atoms with Crippen molar-refractivity contribution in [2.45, 2.75) is 36.1 Å². The standard InChI is InChI=1S/C29H25FO5.4CH4/c1-3-29(31)35-21-34-26-14-9-22(10-15-26)5-6-24-11-16-27(28(30)19-24)25-12-7-23(8-13-25)17-18-33-20-32-4-2;;;;/h3-4,7-16,19H,1-2,17-18,20-21H2;4*1H4. The molecule has 0 bridgehead atoms. The molecule has 0 aliphatic heterocycles. The first-order valence-corrected chi connectivity index (χ1v) is 10.8. The van der Waals surface area contributed by atoms with E-state index in [0.717, 1.165) is 29.2 Å². The lowest BCUT2D eigenvalue weighted by Crippen LogP contribution is -2.07. The molecule has 0 amide bonds. The predicted octanol–water partition coefficient (Wildman–Crippen LogP) is 8.18. The molecule has 0 saturated carbocycles. The van der Waals surface area contributed by atoms with Crippen molar-refractivity contribution < 1.29 is 28.1 Å². The summed E-state index contributed by atoms with van der Waals surface area (Å²) in [5, 5.41) is 0. The molecule has 5 nitrogen and oxygen atoms in total. The quantitative estimate of drug-likeness (QED) is 0.0618. The number of carbonyl (C=O) groups is 1. The van der Waals surface area contributed by atoms with E-state index >= 15 is 0 Å². The minimum absolute atomic E-state index is 0. The second kappa shape index (κ2) is 19.7. The smallest absolute Gasteiger partial charge is 0.333 e. The molecular formula is C33H41FO5. The number of hydrogen-bond acceptors (Lipinski definition) is 5. The number of ether oxygens (including phenoxy) is 4. The van der Waals surface area contributed by atoms with Crippen molar-refractivity contribution in [2.24, 2.45) is 0 Å². The summed E-state index contributed by atoms with van der Waals surface area (Å²) in [6, 6.07) is 19.6. The van der Waals surface area contributed by atoms with Gasteiger partial charge in [0.05, 0.1) is 12.9 Å². The van der Waals surface area contributed by atoms with Gasteiger partial charge in [-0.3, -0.25) is 0 Å². The molecule has 6 heteroatoms. The molecule has 0 fully saturated rings. The van der Waals surface area contributed by atoms with Gasteiger partial charge in [0.1, 0.15) is 11.6 Å². The number of hydrogen-bond donors (Lipinski definition) is 0. The SMILES string of the molecule is C.C.C.C.C=COCOCCc1ccc(-c2ccc(C#Cc3ccc(OCOC(=O)C=C)cc3)cc2F)cc1. The third kappa shape index (κ3) is 12.2. The maximum Gasteiger partial charge on any atom is 0.333 e. The summed E-state index contributed by atoms with van der Waals surface area (Å²) in [4.78, 5) is 11.0. The van der Waals surface area contributed by atoms with Crippen LogP contribution in [0.15, 0.2) is 92.2 Å². The topological polar surface area (TPSA) is 54.0 Å². The van der Waals surface area contributed by atoms with E-state index in [1.54, 1.807) is 36.4 Å². The zero-order valence-electron chi connectivity index (χ0n) is 19.2. The molecule has 0 spiro atoms. The Bertz CT molecular complexity index is 1210. The highest BCUT2D eigenvalue weighted by atomic mass is 19.1. The van der Waals surface area contributed by atoms with Crippen LogP contribution in [0.4, 0.5) is 4.39 Å². The predicted molar refractivity (Wildman–Crippen MR) is 159 cm³/mol. The van der Waals surface area contributed by atoms with Crippen molar-refractivity contribution in [2.75, 3.05) is 20.2 Å². The average molecular weight is 537 g/mol. The van der Waals surface area contributed by atoms with Crippen LogP contribution in [0.3, 0.4) is 0 Å². The fourth-order valence-corrected chi connectivity index (χ4v) is 3.02. The van der Waals surface area contributed by atoms with Crippen LogP contribution in [0, 0.1) is 17.7 Å². The van der Waals surface area contributed by atoms with E-state index in [-0.39, 0.29) is 49.1 Å². The lowest BCUT2D eigenvalue weighted by Gasteiger charge is -2.07. The Hall–Kier alpha value is -4.34. The second-order valence-electron chi connectivity index (χ2n) is 7.21. The molecule has 0 unspecified atom stereocenters. The van der Waals surface area contributed by atoms with Gasteiger partial charge >= 0.3 is 5.97 Å².